The van der Waals surface area contributed by atoms with Gasteiger partial charge in [0.15, 0.2) is 0 Å². The van der Waals surface area contributed by atoms with E-state index in [2.05, 4.69) is 0 Å². The van der Waals surface area contributed by atoms with E-state index >= 15 is 0 Å². The summed E-state index contributed by atoms with van der Waals surface area (Å²) in [5.74, 6) is -0.511. The van der Waals surface area contributed by atoms with E-state index in [0.29, 0.717) is 12.4 Å². The predicted molar refractivity (Wildman–Crippen MR) is 79.4 cm³/mol. The van der Waals surface area contributed by atoms with Crippen molar-refractivity contribution in [2.45, 2.75) is 0 Å². The summed E-state index contributed by atoms with van der Waals surface area (Å²) in [6, 6.07) is 14.4. The van der Waals surface area contributed by atoms with Gasteiger partial charge in [-0.05, 0) is 29.8 Å². The molecule has 4 heteroatoms. The lowest BCUT2D eigenvalue weighted by molar-refractivity contribution is 0.0697. The van der Waals surface area contributed by atoms with Crippen LogP contribution in [-0.2, 0) is 0 Å². The minimum absolute atomic E-state index is 0.0684. The highest BCUT2D eigenvalue weighted by molar-refractivity contribution is 6.33. The molecule has 102 valence electrons. The molecule has 0 unspecified atom stereocenters. The highest BCUT2D eigenvalue weighted by Crippen LogP contribution is 2.22. The zero-order chi connectivity index (χ0) is 14.4. The Hall–Kier alpha value is -2.26. The molecular weight excluding hydrogens is 276 g/mol. The van der Waals surface area contributed by atoms with E-state index in [-0.39, 0.29) is 10.6 Å². The van der Waals surface area contributed by atoms with Crippen LogP contribution in [0.1, 0.15) is 15.9 Å². The minimum Gasteiger partial charge on any atom is -0.489 e. The Morgan fingerprint density at radius 3 is 2.60 bits per heavy atom. The van der Waals surface area contributed by atoms with Crippen molar-refractivity contribution in [3.05, 3.63) is 70.8 Å². The van der Waals surface area contributed by atoms with Gasteiger partial charge in [-0.25, -0.2) is 4.79 Å². The van der Waals surface area contributed by atoms with Crippen molar-refractivity contribution in [3.8, 4) is 5.75 Å². The molecule has 0 bridgehead atoms. The molecule has 2 aromatic carbocycles. The maximum atomic E-state index is 10.8. The van der Waals surface area contributed by atoms with Crippen molar-refractivity contribution < 1.29 is 14.6 Å². The van der Waals surface area contributed by atoms with Gasteiger partial charge in [0.2, 0.25) is 0 Å². The summed E-state index contributed by atoms with van der Waals surface area (Å²) in [7, 11) is 0. The lowest BCUT2D eigenvalue weighted by atomic mass is 10.2. The number of hydrogen-bond donors (Lipinski definition) is 1. The Morgan fingerprint density at radius 1 is 1.20 bits per heavy atom. The lowest BCUT2D eigenvalue weighted by Crippen LogP contribution is -1.99. The summed E-state index contributed by atoms with van der Waals surface area (Å²) in [5, 5.41) is 9.03. The number of ether oxygens (including phenoxy) is 1. The number of carboxylic acids is 1. The maximum absolute atomic E-state index is 10.8. The van der Waals surface area contributed by atoms with Crippen LogP contribution >= 0.6 is 11.6 Å². The monoisotopic (exact) mass is 288 g/mol. The molecule has 0 aromatic heterocycles. The first-order valence-electron chi connectivity index (χ1n) is 6.04. The smallest absolute Gasteiger partial charge is 0.337 e. The first-order chi connectivity index (χ1) is 9.66. The first-order valence-corrected chi connectivity index (χ1v) is 6.42. The molecule has 0 aliphatic heterocycles. The molecule has 0 atom stereocenters. The van der Waals surface area contributed by atoms with E-state index in [4.69, 9.17) is 21.4 Å². The van der Waals surface area contributed by atoms with E-state index < -0.39 is 5.97 Å². The molecule has 0 amide bonds. The fourth-order valence-corrected chi connectivity index (χ4v) is 1.90. The molecule has 20 heavy (non-hydrogen) atoms. The minimum atomic E-state index is -1.05. The fraction of sp³-hybridized carbons (Fsp3) is 0.0625. The summed E-state index contributed by atoms with van der Waals surface area (Å²) in [6.07, 6.45) is 3.83. The molecule has 0 fully saturated rings. The van der Waals surface area contributed by atoms with E-state index in [9.17, 15) is 4.79 Å². The molecule has 0 saturated heterocycles. The third kappa shape index (κ3) is 3.87. The summed E-state index contributed by atoms with van der Waals surface area (Å²) in [4.78, 5) is 10.8. The summed E-state index contributed by atoms with van der Waals surface area (Å²) >= 11 is 5.85. The zero-order valence-electron chi connectivity index (χ0n) is 10.6. The summed E-state index contributed by atoms with van der Waals surface area (Å²) < 4.78 is 5.48. The fourth-order valence-electron chi connectivity index (χ4n) is 1.65. The quantitative estimate of drug-likeness (QED) is 0.900. The van der Waals surface area contributed by atoms with Gasteiger partial charge in [-0.15, -0.1) is 0 Å². The average Bonchev–Trinajstić information content (AvgIpc) is 2.44. The number of aromatic carboxylic acids is 1. The van der Waals surface area contributed by atoms with Crippen LogP contribution in [0.4, 0.5) is 0 Å². The van der Waals surface area contributed by atoms with Gasteiger partial charge in [0.05, 0.1) is 10.6 Å². The molecule has 0 heterocycles. The van der Waals surface area contributed by atoms with Crippen molar-refractivity contribution in [2.75, 3.05) is 6.61 Å². The van der Waals surface area contributed by atoms with Crippen molar-refractivity contribution in [3.63, 3.8) is 0 Å². The second-order valence-corrected chi connectivity index (χ2v) is 4.48. The number of rotatable bonds is 5. The molecule has 1 N–H and O–H groups in total. The number of halogens is 1. The van der Waals surface area contributed by atoms with Gasteiger partial charge in [-0.1, -0.05) is 48.0 Å². The molecule has 2 rings (SSSR count). The molecule has 0 aliphatic rings. The Balaban J connectivity index is 1.93. The standard InChI is InChI=1S/C16H13ClO3/c17-15-11-13(8-9-14(15)16(18)19)20-10-4-7-12-5-2-1-3-6-12/h1-9,11H,10H2,(H,18,19). The summed E-state index contributed by atoms with van der Waals surface area (Å²) in [6.45, 7) is 0.387. The molecule has 2 aromatic rings. The van der Waals surface area contributed by atoms with Gasteiger partial charge >= 0.3 is 5.97 Å². The number of carboxylic acid groups (broad SMARTS) is 1. The van der Waals surface area contributed by atoms with Crippen LogP contribution in [0.2, 0.25) is 5.02 Å². The first kappa shape index (κ1) is 14.2. The topological polar surface area (TPSA) is 46.5 Å². The second-order valence-electron chi connectivity index (χ2n) is 4.07. The normalized spacial score (nSPS) is 10.7. The number of carbonyl (C=O) groups is 1. The van der Waals surface area contributed by atoms with E-state index in [1.54, 1.807) is 6.07 Å². The van der Waals surface area contributed by atoms with Crippen LogP contribution < -0.4 is 4.74 Å². The Labute approximate surface area is 122 Å². The number of benzene rings is 2. The summed E-state index contributed by atoms with van der Waals surface area (Å²) in [5.41, 5.74) is 1.16. The molecule has 0 spiro atoms. The van der Waals surface area contributed by atoms with Gasteiger partial charge in [0, 0.05) is 0 Å². The van der Waals surface area contributed by atoms with Crippen LogP contribution in [0.15, 0.2) is 54.6 Å². The van der Waals surface area contributed by atoms with Crippen LogP contribution in [0.3, 0.4) is 0 Å². The van der Waals surface area contributed by atoms with Gasteiger partial charge in [0.1, 0.15) is 12.4 Å². The maximum Gasteiger partial charge on any atom is 0.337 e. The molecule has 3 nitrogen and oxygen atoms in total. The van der Waals surface area contributed by atoms with Gasteiger partial charge < -0.3 is 9.84 Å². The SMILES string of the molecule is O=C(O)c1ccc(OCC=Cc2ccccc2)cc1Cl. The zero-order valence-corrected chi connectivity index (χ0v) is 11.4. The van der Waals surface area contributed by atoms with E-state index in [0.717, 1.165) is 5.56 Å². The van der Waals surface area contributed by atoms with Crippen LogP contribution in [0.25, 0.3) is 6.08 Å². The molecule has 0 radical (unpaired) electrons. The van der Waals surface area contributed by atoms with Gasteiger partial charge in [0.25, 0.3) is 0 Å². The van der Waals surface area contributed by atoms with E-state index in [1.165, 1.54) is 12.1 Å². The molecule has 0 saturated carbocycles. The van der Waals surface area contributed by atoms with Crippen molar-refractivity contribution >= 4 is 23.6 Å². The van der Waals surface area contributed by atoms with Crippen molar-refractivity contribution in [1.82, 2.24) is 0 Å². The molecule has 0 aliphatic carbocycles. The average molecular weight is 289 g/mol. The Kier molecular flexibility index (Phi) is 4.80. The predicted octanol–water partition coefficient (Wildman–Crippen LogP) is 4.13. The van der Waals surface area contributed by atoms with Crippen molar-refractivity contribution in [1.29, 1.82) is 0 Å². The van der Waals surface area contributed by atoms with Crippen molar-refractivity contribution in [2.24, 2.45) is 0 Å². The molecular formula is C16H13ClO3. The van der Waals surface area contributed by atoms with Crippen LogP contribution in [0.5, 0.6) is 5.75 Å². The third-order valence-electron chi connectivity index (χ3n) is 2.63. The second kappa shape index (κ2) is 6.78. The Morgan fingerprint density at radius 2 is 1.95 bits per heavy atom. The lowest BCUT2D eigenvalue weighted by Gasteiger charge is -2.05. The number of hydrogen-bond acceptors (Lipinski definition) is 2. The largest absolute Gasteiger partial charge is 0.489 e. The van der Waals surface area contributed by atoms with Crippen LogP contribution in [0, 0.1) is 0 Å². The highest BCUT2D eigenvalue weighted by atomic mass is 35.5. The van der Waals surface area contributed by atoms with E-state index in [1.807, 2.05) is 42.5 Å². The van der Waals surface area contributed by atoms with Crippen LogP contribution in [-0.4, -0.2) is 17.7 Å². The van der Waals surface area contributed by atoms with Gasteiger partial charge in [-0.3, -0.25) is 0 Å². The van der Waals surface area contributed by atoms with Gasteiger partial charge in [-0.2, -0.15) is 0 Å². The third-order valence-corrected chi connectivity index (χ3v) is 2.94. The highest BCUT2D eigenvalue weighted by Gasteiger charge is 2.08. The Bertz CT molecular complexity index is 621.